The van der Waals surface area contributed by atoms with Crippen LogP contribution < -0.4 is 0 Å². The van der Waals surface area contributed by atoms with Crippen LogP contribution in [0.3, 0.4) is 0 Å². The van der Waals surface area contributed by atoms with Crippen LogP contribution in [0.2, 0.25) is 0 Å². The number of amides is 1. The highest BCUT2D eigenvalue weighted by Gasteiger charge is 2.26. The summed E-state index contributed by atoms with van der Waals surface area (Å²) in [5, 5.41) is 17.8. The molecule has 1 aromatic carbocycles. The van der Waals surface area contributed by atoms with E-state index in [0.29, 0.717) is 18.7 Å². The fourth-order valence-corrected chi connectivity index (χ4v) is 2.16. The quantitative estimate of drug-likeness (QED) is 0.906. The molecule has 5 nitrogen and oxygen atoms in total. The number of hydrogen-bond donors (Lipinski definition) is 1. The molecule has 1 aromatic rings. The van der Waals surface area contributed by atoms with Crippen molar-refractivity contribution in [3.05, 3.63) is 35.4 Å². The summed E-state index contributed by atoms with van der Waals surface area (Å²) < 4.78 is 5.68. The van der Waals surface area contributed by atoms with E-state index in [2.05, 4.69) is 6.07 Å². The molecule has 5 heteroatoms. The van der Waals surface area contributed by atoms with Crippen molar-refractivity contribution in [1.82, 2.24) is 4.90 Å². The van der Waals surface area contributed by atoms with E-state index in [4.69, 9.17) is 15.1 Å². The van der Waals surface area contributed by atoms with Crippen LogP contribution in [0, 0.1) is 11.3 Å². The molecule has 1 atom stereocenters. The molecular formula is C14H16N2O3. The van der Waals surface area contributed by atoms with Gasteiger partial charge in [0.25, 0.3) is 0 Å². The molecule has 1 fully saturated rings. The average molecular weight is 260 g/mol. The van der Waals surface area contributed by atoms with Gasteiger partial charge < -0.3 is 9.84 Å². The highest BCUT2D eigenvalue weighted by Crippen LogP contribution is 2.19. The summed E-state index contributed by atoms with van der Waals surface area (Å²) >= 11 is 0. The lowest BCUT2D eigenvalue weighted by molar-refractivity contribution is -0.0745. The van der Waals surface area contributed by atoms with Crippen molar-refractivity contribution >= 4 is 6.09 Å². The SMILES string of the molecule is N#Cc1ccc(COC2CCCCN2C(=O)O)cc1. The zero-order chi connectivity index (χ0) is 13.7. The molecule has 1 aliphatic heterocycles. The van der Waals surface area contributed by atoms with E-state index >= 15 is 0 Å². The van der Waals surface area contributed by atoms with Crippen LogP contribution in [-0.4, -0.2) is 28.9 Å². The molecule has 1 saturated heterocycles. The van der Waals surface area contributed by atoms with Crippen LogP contribution in [0.5, 0.6) is 0 Å². The average Bonchev–Trinajstić information content (AvgIpc) is 2.46. The first kappa shape index (κ1) is 13.4. The van der Waals surface area contributed by atoms with Crippen molar-refractivity contribution in [2.24, 2.45) is 0 Å². The van der Waals surface area contributed by atoms with E-state index in [0.717, 1.165) is 24.8 Å². The first-order valence-corrected chi connectivity index (χ1v) is 6.31. The maximum Gasteiger partial charge on any atom is 0.409 e. The third kappa shape index (κ3) is 3.46. The highest BCUT2D eigenvalue weighted by atomic mass is 16.5. The van der Waals surface area contributed by atoms with Crippen molar-refractivity contribution in [3.8, 4) is 6.07 Å². The normalized spacial score (nSPS) is 18.9. The lowest BCUT2D eigenvalue weighted by atomic mass is 10.1. The minimum absolute atomic E-state index is 0.359. The van der Waals surface area contributed by atoms with Gasteiger partial charge in [0, 0.05) is 6.54 Å². The lowest BCUT2D eigenvalue weighted by Crippen LogP contribution is -2.44. The summed E-state index contributed by atoms with van der Waals surface area (Å²) in [4.78, 5) is 12.4. The van der Waals surface area contributed by atoms with Crippen LogP contribution in [0.1, 0.15) is 30.4 Å². The summed E-state index contributed by atoms with van der Waals surface area (Å²) in [5.74, 6) is 0. The second-order valence-electron chi connectivity index (χ2n) is 4.55. The van der Waals surface area contributed by atoms with Gasteiger partial charge in [-0.15, -0.1) is 0 Å². The lowest BCUT2D eigenvalue weighted by Gasteiger charge is -2.33. The molecule has 0 aliphatic carbocycles. The Balaban J connectivity index is 1.92. The van der Waals surface area contributed by atoms with Crippen LogP contribution in [0.4, 0.5) is 4.79 Å². The van der Waals surface area contributed by atoms with Crippen molar-refractivity contribution in [2.45, 2.75) is 32.1 Å². The first-order valence-electron chi connectivity index (χ1n) is 6.31. The predicted octanol–water partition coefficient (Wildman–Crippen LogP) is 2.56. The number of rotatable bonds is 3. The molecule has 100 valence electrons. The Labute approximate surface area is 112 Å². The van der Waals surface area contributed by atoms with Gasteiger partial charge in [-0.25, -0.2) is 4.79 Å². The minimum atomic E-state index is -0.926. The van der Waals surface area contributed by atoms with Gasteiger partial charge in [0.15, 0.2) is 0 Å². The number of piperidine rings is 1. The van der Waals surface area contributed by atoms with Gasteiger partial charge in [-0.2, -0.15) is 5.26 Å². The van der Waals surface area contributed by atoms with Crippen molar-refractivity contribution in [2.75, 3.05) is 6.54 Å². The summed E-state index contributed by atoms with van der Waals surface area (Å²) in [5.41, 5.74) is 1.54. The molecule has 1 amide bonds. The number of nitrogens with zero attached hydrogens (tertiary/aromatic N) is 2. The Kier molecular flexibility index (Phi) is 4.37. The molecule has 0 saturated carbocycles. The van der Waals surface area contributed by atoms with E-state index in [1.165, 1.54) is 4.90 Å². The number of carboxylic acid groups (broad SMARTS) is 1. The fraction of sp³-hybridized carbons (Fsp3) is 0.429. The zero-order valence-electron chi connectivity index (χ0n) is 10.6. The molecule has 0 bridgehead atoms. The number of ether oxygens (including phenoxy) is 1. The summed E-state index contributed by atoms with van der Waals surface area (Å²) in [6.07, 6.45) is 1.33. The van der Waals surface area contributed by atoms with Crippen LogP contribution >= 0.6 is 0 Å². The predicted molar refractivity (Wildman–Crippen MR) is 68.3 cm³/mol. The molecule has 2 rings (SSSR count). The van der Waals surface area contributed by atoms with Crippen LogP contribution in [0.25, 0.3) is 0 Å². The summed E-state index contributed by atoms with van der Waals surface area (Å²) in [6, 6.07) is 9.17. The topological polar surface area (TPSA) is 73.6 Å². The first-order chi connectivity index (χ1) is 9.20. The number of hydrogen-bond acceptors (Lipinski definition) is 3. The number of carbonyl (C=O) groups is 1. The maximum atomic E-state index is 11.1. The van der Waals surface area contributed by atoms with Crippen LogP contribution in [0.15, 0.2) is 24.3 Å². The van der Waals surface area contributed by atoms with Crippen molar-refractivity contribution < 1.29 is 14.6 Å². The largest absolute Gasteiger partial charge is 0.465 e. The van der Waals surface area contributed by atoms with E-state index in [-0.39, 0.29) is 6.23 Å². The summed E-state index contributed by atoms with van der Waals surface area (Å²) in [7, 11) is 0. The smallest absolute Gasteiger partial charge is 0.409 e. The van der Waals surface area contributed by atoms with E-state index in [1.807, 2.05) is 12.1 Å². The maximum absolute atomic E-state index is 11.1. The van der Waals surface area contributed by atoms with Gasteiger partial charge >= 0.3 is 6.09 Å². The van der Waals surface area contributed by atoms with E-state index in [1.54, 1.807) is 12.1 Å². The third-order valence-corrected chi connectivity index (χ3v) is 3.22. The Morgan fingerprint density at radius 2 is 2.16 bits per heavy atom. The molecule has 1 heterocycles. The zero-order valence-corrected chi connectivity index (χ0v) is 10.6. The third-order valence-electron chi connectivity index (χ3n) is 3.22. The Morgan fingerprint density at radius 3 is 2.79 bits per heavy atom. The monoisotopic (exact) mass is 260 g/mol. The van der Waals surface area contributed by atoms with Crippen molar-refractivity contribution in [3.63, 3.8) is 0 Å². The Bertz CT molecular complexity index is 478. The van der Waals surface area contributed by atoms with E-state index < -0.39 is 6.09 Å². The molecule has 0 spiro atoms. The van der Waals surface area contributed by atoms with Gasteiger partial charge in [-0.05, 0) is 37.0 Å². The number of benzene rings is 1. The van der Waals surface area contributed by atoms with E-state index in [9.17, 15) is 4.79 Å². The second kappa shape index (κ2) is 6.21. The highest BCUT2D eigenvalue weighted by molar-refractivity contribution is 5.65. The number of likely N-dealkylation sites (tertiary alicyclic amines) is 1. The molecule has 1 unspecified atom stereocenters. The Hall–Kier alpha value is -2.06. The summed E-state index contributed by atoms with van der Waals surface area (Å²) in [6.45, 7) is 0.896. The fourth-order valence-electron chi connectivity index (χ4n) is 2.16. The Morgan fingerprint density at radius 1 is 1.42 bits per heavy atom. The molecule has 1 aliphatic rings. The molecule has 0 aromatic heterocycles. The molecule has 19 heavy (non-hydrogen) atoms. The van der Waals surface area contributed by atoms with Gasteiger partial charge in [0.1, 0.15) is 6.23 Å². The van der Waals surface area contributed by atoms with Crippen molar-refractivity contribution in [1.29, 1.82) is 5.26 Å². The van der Waals surface area contributed by atoms with Gasteiger partial charge in [-0.1, -0.05) is 12.1 Å². The number of nitriles is 1. The minimum Gasteiger partial charge on any atom is -0.465 e. The molecule has 0 radical (unpaired) electrons. The standard InChI is InChI=1S/C14H16N2O3/c15-9-11-4-6-12(7-5-11)10-19-13-3-1-2-8-16(13)14(17)18/h4-7,13H,1-3,8,10H2,(H,17,18). The van der Waals surface area contributed by atoms with Crippen LogP contribution in [-0.2, 0) is 11.3 Å². The molecule has 1 N–H and O–H groups in total. The molecular weight excluding hydrogens is 244 g/mol. The van der Waals surface area contributed by atoms with Gasteiger partial charge in [0.05, 0.1) is 18.2 Å². The van der Waals surface area contributed by atoms with Gasteiger partial charge in [0.2, 0.25) is 0 Å². The van der Waals surface area contributed by atoms with Gasteiger partial charge in [-0.3, -0.25) is 4.90 Å². The second-order valence-corrected chi connectivity index (χ2v) is 4.55.